The molecule has 120 valence electrons. The lowest BCUT2D eigenvalue weighted by Gasteiger charge is -2.17. The van der Waals surface area contributed by atoms with E-state index in [1.54, 1.807) is 6.07 Å². The van der Waals surface area contributed by atoms with Gasteiger partial charge in [-0.25, -0.2) is 4.39 Å². The first-order chi connectivity index (χ1) is 10.2. The van der Waals surface area contributed by atoms with Gasteiger partial charge in [-0.05, 0) is 43.0 Å². The van der Waals surface area contributed by atoms with Crippen molar-refractivity contribution in [1.82, 2.24) is 5.43 Å². The fraction of sp³-hybridized carbons (Fsp3) is 0.667. The summed E-state index contributed by atoms with van der Waals surface area (Å²) in [7, 11) is 0. The van der Waals surface area contributed by atoms with Gasteiger partial charge >= 0.3 is 0 Å². The van der Waals surface area contributed by atoms with Crippen molar-refractivity contribution in [2.75, 3.05) is 0 Å². The van der Waals surface area contributed by atoms with Crippen LogP contribution in [0.4, 0.5) is 4.39 Å². The molecule has 2 nitrogen and oxygen atoms in total. The van der Waals surface area contributed by atoms with Crippen molar-refractivity contribution in [2.24, 2.45) is 5.84 Å². The van der Waals surface area contributed by atoms with Crippen LogP contribution in [0.3, 0.4) is 0 Å². The maximum Gasteiger partial charge on any atom is 0.123 e. The Balaban J connectivity index is 2.25. The monoisotopic (exact) mass is 294 g/mol. The summed E-state index contributed by atoms with van der Waals surface area (Å²) in [4.78, 5) is 0. The summed E-state index contributed by atoms with van der Waals surface area (Å²) in [5.74, 6) is 5.49. The third kappa shape index (κ3) is 7.58. The fourth-order valence-corrected chi connectivity index (χ4v) is 2.75. The van der Waals surface area contributed by atoms with Crippen LogP contribution >= 0.6 is 0 Å². The molecule has 0 aliphatic rings. The summed E-state index contributed by atoms with van der Waals surface area (Å²) in [6.45, 7) is 4.20. The predicted octanol–water partition coefficient (Wildman–Crippen LogP) is 4.65. The molecule has 1 rings (SSSR count). The zero-order chi connectivity index (χ0) is 15.5. The number of hydrogen-bond donors (Lipinski definition) is 2. The van der Waals surface area contributed by atoms with Crippen LogP contribution in [0.15, 0.2) is 18.2 Å². The molecule has 0 amide bonds. The Morgan fingerprint density at radius 2 is 1.76 bits per heavy atom. The average molecular weight is 294 g/mol. The fourth-order valence-electron chi connectivity index (χ4n) is 2.75. The topological polar surface area (TPSA) is 38.0 Å². The molecule has 0 saturated heterocycles. The van der Waals surface area contributed by atoms with Crippen LogP contribution in [-0.2, 0) is 6.42 Å². The SMILES string of the molecule is CCCCCCCCCC(Cc1ccc(F)cc1C)NN. The van der Waals surface area contributed by atoms with E-state index in [1.807, 2.05) is 13.0 Å². The molecule has 0 aliphatic carbocycles. The van der Waals surface area contributed by atoms with E-state index in [0.29, 0.717) is 0 Å². The molecule has 1 aromatic carbocycles. The lowest BCUT2D eigenvalue weighted by Crippen LogP contribution is -2.36. The number of nitrogens with one attached hydrogen (secondary N) is 1. The van der Waals surface area contributed by atoms with Gasteiger partial charge in [0.2, 0.25) is 0 Å². The van der Waals surface area contributed by atoms with Crippen molar-refractivity contribution < 1.29 is 4.39 Å². The van der Waals surface area contributed by atoms with Gasteiger partial charge in [0, 0.05) is 6.04 Å². The van der Waals surface area contributed by atoms with Gasteiger partial charge in [0.05, 0.1) is 0 Å². The van der Waals surface area contributed by atoms with Crippen LogP contribution < -0.4 is 11.3 Å². The molecule has 0 fully saturated rings. The van der Waals surface area contributed by atoms with Gasteiger partial charge < -0.3 is 0 Å². The van der Waals surface area contributed by atoms with E-state index in [-0.39, 0.29) is 11.9 Å². The van der Waals surface area contributed by atoms with Crippen LogP contribution in [-0.4, -0.2) is 6.04 Å². The normalized spacial score (nSPS) is 12.6. The Morgan fingerprint density at radius 1 is 1.10 bits per heavy atom. The predicted molar refractivity (Wildman–Crippen MR) is 88.6 cm³/mol. The second-order valence-corrected chi connectivity index (χ2v) is 6.05. The molecule has 1 aromatic rings. The highest BCUT2D eigenvalue weighted by atomic mass is 19.1. The molecule has 0 bridgehead atoms. The van der Waals surface area contributed by atoms with Gasteiger partial charge in [0.15, 0.2) is 0 Å². The van der Waals surface area contributed by atoms with Crippen molar-refractivity contribution in [3.05, 3.63) is 35.1 Å². The molecule has 21 heavy (non-hydrogen) atoms. The largest absolute Gasteiger partial charge is 0.271 e. The Morgan fingerprint density at radius 3 is 2.38 bits per heavy atom. The van der Waals surface area contributed by atoms with Gasteiger partial charge in [-0.3, -0.25) is 11.3 Å². The first kappa shape index (κ1) is 18.1. The number of hydrogen-bond acceptors (Lipinski definition) is 2. The molecule has 3 heteroatoms. The summed E-state index contributed by atoms with van der Waals surface area (Å²) in [6.07, 6.45) is 11.2. The zero-order valence-electron chi connectivity index (χ0n) is 13.6. The van der Waals surface area contributed by atoms with Crippen molar-refractivity contribution in [3.63, 3.8) is 0 Å². The number of unbranched alkanes of at least 4 members (excludes halogenated alkanes) is 6. The van der Waals surface area contributed by atoms with Crippen LogP contribution in [0, 0.1) is 12.7 Å². The van der Waals surface area contributed by atoms with E-state index < -0.39 is 0 Å². The quantitative estimate of drug-likeness (QED) is 0.354. The number of nitrogens with two attached hydrogens (primary N) is 1. The molecular formula is C18H31FN2. The first-order valence-electron chi connectivity index (χ1n) is 8.38. The highest BCUT2D eigenvalue weighted by Crippen LogP contribution is 2.15. The minimum absolute atomic E-state index is 0.166. The van der Waals surface area contributed by atoms with E-state index in [1.165, 1.54) is 56.6 Å². The molecule has 0 saturated carbocycles. The number of aryl methyl sites for hydroxylation is 1. The Labute approximate surface area is 129 Å². The third-order valence-corrected chi connectivity index (χ3v) is 4.16. The van der Waals surface area contributed by atoms with Crippen molar-refractivity contribution in [1.29, 1.82) is 0 Å². The van der Waals surface area contributed by atoms with Gasteiger partial charge in [-0.2, -0.15) is 0 Å². The average Bonchev–Trinajstić information content (AvgIpc) is 2.47. The Hall–Kier alpha value is -0.930. The maximum atomic E-state index is 13.1. The van der Waals surface area contributed by atoms with Crippen molar-refractivity contribution in [3.8, 4) is 0 Å². The maximum absolute atomic E-state index is 13.1. The van der Waals surface area contributed by atoms with Crippen molar-refractivity contribution in [2.45, 2.75) is 77.7 Å². The standard InChI is InChI=1S/C18H31FN2/c1-3-4-5-6-7-8-9-10-18(21-20)14-16-11-12-17(19)13-15(16)2/h11-13,18,21H,3-10,14,20H2,1-2H3. The summed E-state index contributed by atoms with van der Waals surface area (Å²) >= 11 is 0. The Bertz CT molecular complexity index is 393. The zero-order valence-corrected chi connectivity index (χ0v) is 13.6. The minimum atomic E-state index is -0.166. The van der Waals surface area contributed by atoms with E-state index in [2.05, 4.69) is 12.3 Å². The summed E-state index contributed by atoms with van der Waals surface area (Å²) < 4.78 is 13.1. The highest BCUT2D eigenvalue weighted by Gasteiger charge is 2.09. The molecule has 1 unspecified atom stereocenters. The molecular weight excluding hydrogens is 263 g/mol. The van der Waals surface area contributed by atoms with Crippen LogP contribution in [0.2, 0.25) is 0 Å². The van der Waals surface area contributed by atoms with Crippen LogP contribution in [0.25, 0.3) is 0 Å². The van der Waals surface area contributed by atoms with E-state index in [0.717, 1.165) is 18.4 Å². The second kappa shape index (κ2) is 10.7. The molecule has 0 aliphatic heterocycles. The second-order valence-electron chi connectivity index (χ2n) is 6.05. The minimum Gasteiger partial charge on any atom is -0.271 e. The molecule has 3 N–H and O–H groups in total. The van der Waals surface area contributed by atoms with Gasteiger partial charge in [0.1, 0.15) is 5.82 Å². The summed E-state index contributed by atoms with van der Waals surface area (Å²) in [6, 6.07) is 5.28. The number of hydrazine groups is 1. The molecule has 0 spiro atoms. The smallest absolute Gasteiger partial charge is 0.123 e. The molecule has 0 radical (unpaired) electrons. The number of benzene rings is 1. The van der Waals surface area contributed by atoms with Crippen molar-refractivity contribution >= 4 is 0 Å². The number of halogens is 1. The Kier molecular flexibility index (Phi) is 9.27. The van der Waals surface area contributed by atoms with Crippen LogP contribution in [0.1, 0.15) is 69.4 Å². The summed E-state index contributed by atoms with van der Waals surface area (Å²) in [5.41, 5.74) is 5.10. The van der Waals surface area contributed by atoms with Gasteiger partial charge in [0.25, 0.3) is 0 Å². The van der Waals surface area contributed by atoms with Gasteiger partial charge in [-0.1, -0.05) is 57.9 Å². The third-order valence-electron chi connectivity index (χ3n) is 4.16. The molecule has 1 atom stereocenters. The lowest BCUT2D eigenvalue weighted by molar-refractivity contribution is 0.458. The lowest BCUT2D eigenvalue weighted by atomic mass is 9.97. The van der Waals surface area contributed by atoms with E-state index in [4.69, 9.17) is 5.84 Å². The summed E-state index contributed by atoms with van der Waals surface area (Å²) in [5, 5.41) is 0. The first-order valence-corrected chi connectivity index (χ1v) is 8.38. The molecule has 0 heterocycles. The van der Waals surface area contributed by atoms with Gasteiger partial charge in [-0.15, -0.1) is 0 Å². The highest BCUT2D eigenvalue weighted by molar-refractivity contribution is 5.27. The van der Waals surface area contributed by atoms with E-state index in [9.17, 15) is 4.39 Å². The number of rotatable bonds is 11. The van der Waals surface area contributed by atoms with Crippen LogP contribution in [0.5, 0.6) is 0 Å². The van der Waals surface area contributed by atoms with E-state index >= 15 is 0 Å². The molecule has 0 aromatic heterocycles.